The maximum Gasteiger partial charge on any atom is 0.250 e. The van der Waals surface area contributed by atoms with Crippen LogP contribution in [0.2, 0.25) is 5.02 Å². The highest BCUT2D eigenvalue weighted by atomic mass is 35.6. The number of aromatic nitrogens is 3. The van der Waals surface area contributed by atoms with Gasteiger partial charge in [-0.1, -0.05) is 58.5 Å². The molecule has 6 nitrogen and oxygen atoms in total. The maximum absolute atomic E-state index is 9.16. The SMILES string of the molecule is OCCN1CCCN(c2nc(-c3cccc(Cl)c3)nc(C(Cl)(Cl)Cl)n2)CC1. The topological polar surface area (TPSA) is 65.4 Å². The van der Waals surface area contributed by atoms with Gasteiger partial charge in [-0.2, -0.15) is 9.97 Å². The number of aliphatic hydroxyl groups is 1. The lowest BCUT2D eigenvalue weighted by Crippen LogP contribution is -2.33. The van der Waals surface area contributed by atoms with Gasteiger partial charge in [-0.25, -0.2) is 4.98 Å². The van der Waals surface area contributed by atoms with Gasteiger partial charge in [0.05, 0.1) is 6.61 Å². The molecule has 0 aliphatic carbocycles. The predicted molar refractivity (Wildman–Crippen MR) is 110 cm³/mol. The second-order valence-corrected chi connectivity index (χ2v) is 8.91. The molecule has 1 aliphatic rings. The van der Waals surface area contributed by atoms with Crippen molar-refractivity contribution in [2.45, 2.75) is 10.2 Å². The molecule has 0 bridgehead atoms. The Morgan fingerprint density at radius 2 is 1.85 bits per heavy atom. The van der Waals surface area contributed by atoms with E-state index in [0.717, 1.165) is 31.6 Å². The molecule has 2 aromatic rings. The fourth-order valence-corrected chi connectivity index (χ4v) is 3.37. The van der Waals surface area contributed by atoms with Crippen LogP contribution >= 0.6 is 46.4 Å². The number of nitrogens with zero attached hydrogens (tertiary/aromatic N) is 5. The van der Waals surface area contributed by atoms with Gasteiger partial charge in [0, 0.05) is 36.8 Å². The molecular formula is C17H19Cl4N5O. The standard InChI is InChI=1S/C17H19Cl4N5O/c18-13-4-1-3-12(11-13)14-22-15(17(19,20)21)24-16(23-14)26-6-2-5-25(7-8-26)9-10-27/h1,3-4,11,27H,2,5-10H2. The van der Waals surface area contributed by atoms with E-state index in [9.17, 15) is 0 Å². The molecule has 27 heavy (non-hydrogen) atoms. The molecule has 0 saturated carbocycles. The Kier molecular flexibility index (Phi) is 7.00. The molecule has 0 spiro atoms. The number of aliphatic hydroxyl groups excluding tert-OH is 1. The molecule has 1 fully saturated rings. The van der Waals surface area contributed by atoms with Crippen molar-refractivity contribution in [3.05, 3.63) is 35.1 Å². The molecule has 10 heteroatoms. The number of rotatable bonds is 4. The number of benzene rings is 1. The third kappa shape index (κ3) is 5.56. The summed E-state index contributed by atoms with van der Waals surface area (Å²) in [7, 11) is 0. The van der Waals surface area contributed by atoms with Crippen molar-refractivity contribution in [2.24, 2.45) is 0 Å². The second kappa shape index (κ2) is 9.07. The van der Waals surface area contributed by atoms with Crippen molar-refractivity contribution in [1.29, 1.82) is 0 Å². The van der Waals surface area contributed by atoms with Crippen LogP contribution in [0.25, 0.3) is 11.4 Å². The summed E-state index contributed by atoms with van der Waals surface area (Å²) in [6.45, 7) is 3.96. The molecule has 2 heterocycles. The van der Waals surface area contributed by atoms with Crippen LogP contribution in [0.5, 0.6) is 0 Å². The highest BCUT2D eigenvalue weighted by Gasteiger charge is 2.30. The third-order valence-corrected chi connectivity index (χ3v) is 4.99. The van der Waals surface area contributed by atoms with Crippen molar-refractivity contribution in [3.8, 4) is 11.4 Å². The van der Waals surface area contributed by atoms with Gasteiger partial charge in [0.25, 0.3) is 0 Å². The summed E-state index contributed by atoms with van der Waals surface area (Å²) in [5.41, 5.74) is 0.721. The summed E-state index contributed by atoms with van der Waals surface area (Å²) in [6, 6.07) is 7.19. The normalized spacial score (nSPS) is 16.4. The zero-order valence-electron chi connectivity index (χ0n) is 14.5. The number of hydrogen-bond donors (Lipinski definition) is 1. The summed E-state index contributed by atoms with van der Waals surface area (Å²) >= 11 is 24.3. The lowest BCUT2D eigenvalue weighted by atomic mass is 10.2. The van der Waals surface area contributed by atoms with Gasteiger partial charge in [-0.05, 0) is 25.1 Å². The Labute approximate surface area is 178 Å². The lowest BCUT2D eigenvalue weighted by Gasteiger charge is -2.23. The average Bonchev–Trinajstić information content (AvgIpc) is 2.87. The number of β-amino-alcohol motifs (C(OH)–C–C–N with tert-alkyl or cyclic N) is 1. The molecule has 1 aromatic carbocycles. The van der Waals surface area contributed by atoms with E-state index < -0.39 is 3.79 Å². The van der Waals surface area contributed by atoms with Crippen molar-refractivity contribution < 1.29 is 5.11 Å². The monoisotopic (exact) mass is 449 g/mol. The first kappa shape index (κ1) is 20.8. The van der Waals surface area contributed by atoms with Crippen molar-refractivity contribution >= 4 is 52.4 Å². The first-order chi connectivity index (χ1) is 12.9. The Hall–Kier alpha value is -0.890. The molecule has 3 rings (SSSR count). The molecule has 0 amide bonds. The summed E-state index contributed by atoms with van der Waals surface area (Å²) in [5, 5.41) is 9.73. The van der Waals surface area contributed by atoms with Crippen LogP contribution in [0, 0.1) is 0 Å². The van der Waals surface area contributed by atoms with Crippen LogP contribution in [-0.4, -0.2) is 64.3 Å². The van der Waals surface area contributed by atoms with Gasteiger partial charge < -0.3 is 10.0 Å². The predicted octanol–water partition coefficient (Wildman–Crippen LogP) is 3.52. The van der Waals surface area contributed by atoms with E-state index in [4.69, 9.17) is 51.5 Å². The van der Waals surface area contributed by atoms with Crippen LogP contribution in [-0.2, 0) is 3.79 Å². The van der Waals surface area contributed by atoms with Gasteiger partial charge in [-0.15, -0.1) is 0 Å². The van der Waals surface area contributed by atoms with Gasteiger partial charge in [0.1, 0.15) is 0 Å². The Morgan fingerprint density at radius 1 is 1.04 bits per heavy atom. The largest absolute Gasteiger partial charge is 0.395 e. The zero-order valence-corrected chi connectivity index (χ0v) is 17.5. The summed E-state index contributed by atoms with van der Waals surface area (Å²) in [4.78, 5) is 17.6. The highest BCUT2D eigenvalue weighted by molar-refractivity contribution is 6.66. The molecule has 1 aromatic heterocycles. The molecule has 1 aliphatic heterocycles. The summed E-state index contributed by atoms with van der Waals surface area (Å²) in [6.07, 6.45) is 0.918. The Balaban J connectivity index is 1.96. The van der Waals surface area contributed by atoms with E-state index >= 15 is 0 Å². The van der Waals surface area contributed by atoms with Gasteiger partial charge in [0.15, 0.2) is 11.6 Å². The first-order valence-electron chi connectivity index (χ1n) is 8.54. The molecule has 146 valence electrons. The number of hydrogen-bond acceptors (Lipinski definition) is 6. The second-order valence-electron chi connectivity index (χ2n) is 6.20. The average molecular weight is 451 g/mol. The maximum atomic E-state index is 9.16. The zero-order chi connectivity index (χ0) is 19.4. The smallest absolute Gasteiger partial charge is 0.250 e. The molecule has 0 atom stereocenters. The van der Waals surface area contributed by atoms with E-state index in [0.29, 0.717) is 29.9 Å². The molecule has 0 radical (unpaired) electrons. The van der Waals surface area contributed by atoms with Crippen molar-refractivity contribution in [1.82, 2.24) is 19.9 Å². The van der Waals surface area contributed by atoms with Gasteiger partial charge in [0.2, 0.25) is 9.74 Å². The van der Waals surface area contributed by atoms with Crippen molar-refractivity contribution in [2.75, 3.05) is 44.2 Å². The fraction of sp³-hybridized carbons (Fsp3) is 0.471. The molecular weight excluding hydrogens is 432 g/mol. The summed E-state index contributed by atoms with van der Waals surface area (Å²) in [5.74, 6) is 0.941. The highest BCUT2D eigenvalue weighted by Crippen LogP contribution is 2.37. The Bertz CT molecular complexity index is 786. The fourth-order valence-electron chi connectivity index (χ4n) is 2.93. The van der Waals surface area contributed by atoms with Crippen LogP contribution in [0.3, 0.4) is 0 Å². The van der Waals surface area contributed by atoms with Crippen LogP contribution in [0.15, 0.2) is 24.3 Å². The number of anilines is 1. The van der Waals surface area contributed by atoms with E-state index in [1.54, 1.807) is 12.1 Å². The quantitative estimate of drug-likeness (QED) is 0.718. The number of alkyl halides is 3. The van der Waals surface area contributed by atoms with Crippen LogP contribution in [0.4, 0.5) is 5.95 Å². The minimum atomic E-state index is -1.76. The van der Waals surface area contributed by atoms with E-state index in [1.807, 2.05) is 17.0 Å². The van der Waals surface area contributed by atoms with Crippen molar-refractivity contribution in [3.63, 3.8) is 0 Å². The van der Waals surface area contributed by atoms with E-state index in [2.05, 4.69) is 19.9 Å². The number of halogens is 4. The Morgan fingerprint density at radius 3 is 2.56 bits per heavy atom. The van der Waals surface area contributed by atoms with E-state index in [1.165, 1.54) is 0 Å². The minimum Gasteiger partial charge on any atom is -0.395 e. The molecule has 0 unspecified atom stereocenters. The summed E-state index contributed by atoms with van der Waals surface area (Å²) < 4.78 is -1.76. The van der Waals surface area contributed by atoms with Crippen LogP contribution in [0.1, 0.15) is 12.2 Å². The van der Waals surface area contributed by atoms with E-state index in [-0.39, 0.29) is 12.4 Å². The third-order valence-electron chi connectivity index (χ3n) is 4.25. The van der Waals surface area contributed by atoms with Gasteiger partial charge in [-0.3, -0.25) is 4.90 Å². The molecule has 1 N–H and O–H groups in total. The van der Waals surface area contributed by atoms with Gasteiger partial charge >= 0.3 is 0 Å². The lowest BCUT2D eigenvalue weighted by molar-refractivity contribution is 0.204. The molecule has 1 saturated heterocycles. The minimum absolute atomic E-state index is 0.0731. The first-order valence-corrected chi connectivity index (χ1v) is 10.1. The van der Waals surface area contributed by atoms with Crippen LogP contribution < -0.4 is 4.90 Å².